The molecule has 0 N–H and O–H groups in total. The largest absolute Gasteiger partial charge is 0.490 e. The highest BCUT2D eigenvalue weighted by Gasteiger charge is 2.37. The van der Waals surface area contributed by atoms with Crippen molar-refractivity contribution in [2.75, 3.05) is 13.2 Å². The fourth-order valence-electron chi connectivity index (χ4n) is 2.94. The number of imide groups is 1. The van der Waals surface area contributed by atoms with E-state index in [9.17, 15) is 19.7 Å². The number of amides is 2. The lowest BCUT2D eigenvalue weighted by atomic mass is 10.1. The van der Waals surface area contributed by atoms with Crippen molar-refractivity contribution in [1.29, 1.82) is 0 Å². The van der Waals surface area contributed by atoms with Crippen molar-refractivity contribution in [2.24, 2.45) is 0 Å². The molecule has 28 heavy (non-hydrogen) atoms. The zero-order chi connectivity index (χ0) is 20.4. The summed E-state index contributed by atoms with van der Waals surface area (Å²) in [5.74, 6) is 0.00356. The standard InChI is InChI=1S/C19H17BrN2O6/c1-3-27-16-7-11(15(20)9-17(16)28-4-2)10-21-18(23)13-6-5-12(22(25)26)8-14(13)19(21)24/h5-9H,3-4,10H2,1-2H3. The molecule has 146 valence electrons. The Labute approximate surface area is 169 Å². The van der Waals surface area contributed by atoms with Gasteiger partial charge in [-0.3, -0.25) is 24.6 Å². The average Bonchev–Trinajstić information content (AvgIpc) is 2.90. The number of fused-ring (bicyclic) bond motifs is 1. The normalized spacial score (nSPS) is 12.9. The van der Waals surface area contributed by atoms with Gasteiger partial charge in [-0.1, -0.05) is 15.9 Å². The molecule has 1 aliphatic rings. The molecule has 0 unspecified atom stereocenters. The minimum atomic E-state index is -0.599. The van der Waals surface area contributed by atoms with E-state index in [4.69, 9.17) is 9.47 Å². The molecule has 1 heterocycles. The number of carbonyl (C=O) groups excluding carboxylic acids is 2. The van der Waals surface area contributed by atoms with Crippen LogP contribution in [0.15, 0.2) is 34.8 Å². The maximum absolute atomic E-state index is 12.7. The summed E-state index contributed by atoms with van der Waals surface area (Å²) >= 11 is 3.44. The third-order valence-corrected chi connectivity index (χ3v) is 4.94. The Morgan fingerprint density at radius 3 is 2.21 bits per heavy atom. The highest BCUT2D eigenvalue weighted by molar-refractivity contribution is 9.10. The van der Waals surface area contributed by atoms with Gasteiger partial charge < -0.3 is 9.47 Å². The first-order valence-corrected chi connectivity index (χ1v) is 9.39. The van der Waals surface area contributed by atoms with E-state index >= 15 is 0 Å². The molecule has 0 radical (unpaired) electrons. The molecule has 9 heteroatoms. The van der Waals surface area contributed by atoms with Crippen LogP contribution >= 0.6 is 15.9 Å². The Kier molecular flexibility index (Phi) is 5.64. The Morgan fingerprint density at radius 1 is 1.00 bits per heavy atom. The lowest BCUT2D eigenvalue weighted by molar-refractivity contribution is -0.384. The van der Waals surface area contributed by atoms with Gasteiger partial charge in [-0.2, -0.15) is 0 Å². The quantitative estimate of drug-likeness (QED) is 0.361. The van der Waals surface area contributed by atoms with Crippen LogP contribution in [0.2, 0.25) is 0 Å². The molecule has 0 bridgehead atoms. The molecule has 0 spiro atoms. The van der Waals surface area contributed by atoms with Crippen molar-refractivity contribution in [3.8, 4) is 11.5 Å². The first-order valence-electron chi connectivity index (χ1n) is 8.60. The number of non-ortho nitro benzene ring substituents is 1. The molecule has 0 saturated carbocycles. The predicted octanol–water partition coefficient (Wildman–Crippen LogP) is 3.95. The second-order valence-corrected chi connectivity index (χ2v) is 6.79. The third kappa shape index (κ3) is 3.57. The van der Waals surface area contributed by atoms with Crippen LogP contribution in [0.5, 0.6) is 11.5 Å². The Balaban J connectivity index is 1.93. The smallest absolute Gasteiger partial charge is 0.270 e. The molecule has 3 rings (SSSR count). The molecule has 0 fully saturated rings. The fraction of sp³-hybridized carbons (Fsp3) is 0.263. The van der Waals surface area contributed by atoms with Gasteiger partial charge in [0.25, 0.3) is 17.5 Å². The van der Waals surface area contributed by atoms with E-state index in [2.05, 4.69) is 15.9 Å². The predicted molar refractivity (Wildman–Crippen MR) is 104 cm³/mol. The van der Waals surface area contributed by atoms with Crippen molar-refractivity contribution in [3.05, 3.63) is 61.6 Å². The van der Waals surface area contributed by atoms with Gasteiger partial charge in [0.05, 0.1) is 35.8 Å². The van der Waals surface area contributed by atoms with Crippen LogP contribution in [0.4, 0.5) is 5.69 Å². The molecule has 2 aromatic carbocycles. The van der Waals surface area contributed by atoms with Crippen LogP contribution in [-0.4, -0.2) is 34.9 Å². The van der Waals surface area contributed by atoms with Gasteiger partial charge in [0.1, 0.15) is 0 Å². The van der Waals surface area contributed by atoms with Crippen LogP contribution < -0.4 is 9.47 Å². The average molecular weight is 449 g/mol. The number of nitro groups is 1. The lowest BCUT2D eigenvalue weighted by Gasteiger charge is -2.18. The molecule has 8 nitrogen and oxygen atoms in total. The molecule has 0 aliphatic carbocycles. The van der Waals surface area contributed by atoms with E-state index in [1.165, 1.54) is 12.1 Å². The molecular formula is C19H17BrN2O6. The van der Waals surface area contributed by atoms with Crippen molar-refractivity contribution in [1.82, 2.24) is 4.90 Å². The number of benzene rings is 2. The first kappa shape index (κ1) is 19.8. The number of nitro benzene ring substituents is 1. The number of rotatable bonds is 7. The minimum Gasteiger partial charge on any atom is -0.490 e. The number of hydrogen-bond donors (Lipinski definition) is 0. The van der Waals surface area contributed by atoms with Gasteiger partial charge in [0.15, 0.2) is 11.5 Å². The Morgan fingerprint density at radius 2 is 1.61 bits per heavy atom. The molecular weight excluding hydrogens is 432 g/mol. The van der Waals surface area contributed by atoms with Crippen molar-refractivity contribution < 1.29 is 24.0 Å². The molecule has 2 aromatic rings. The van der Waals surface area contributed by atoms with E-state index in [1.54, 1.807) is 12.1 Å². The Bertz CT molecular complexity index is 975. The zero-order valence-electron chi connectivity index (χ0n) is 15.2. The van der Waals surface area contributed by atoms with E-state index in [1.807, 2.05) is 13.8 Å². The molecule has 1 aliphatic heterocycles. The van der Waals surface area contributed by atoms with E-state index < -0.39 is 16.7 Å². The molecule has 2 amide bonds. The van der Waals surface area contributed by atoms with Gasteiger partial charge in [-0.05, 0) is 37.6 Å². The van der Waals surface area contributed by atoms with Crippen LogP contribution in [-0.2, 0) is 6.54 Å². The summed E-state index contributed by atoms with van der Waals surface area (Å²) in [5.41, 5.74) is 0.604. The SMILES string of the molecule is CCOc1cc(Br)c(CN2C(=O)c3ccc([N+](=O)[O-])cc3C2=O)cc1OCC. The number of nitrogens with zero attached hydrogens (tertiary/aromatic N) is 2. The summed E-state index contributed by atoms with van der Waals surface area (Å²) in [6.45, 7) is 4.58. The summed E-state index contributed by atoms with van der Waals surface area (Å²) in [4.78, 5) is 36.8. The number of hydrogen-bond acceptors (Lipinski definition) is 6. The van der Waals surface area contributed by atoms with Crippen LogP contribution in [0.3, 0.4) is 0 Å². The van der Waals surface area contributed by atoms with E-state index in [0.29, 0.717) is 34.7 Å². The zero-order valence-corrected chi connectivity index (χ0v) is 16.8. The van der Waals surface area contributed by atoms with Crippen molar-refractivity contribution in [2.45, 2.75) is 20.4 Å². The van der Waals surface area contributed by atoms with Gasteiger partial charge in [-0.25, -0.2) is 0 Å². The van der Waals surface area contributed by atoms with Crippen LogP contribution in [0.1, 0.15) is 40.1 Å². The van der Waals surface area contributed by atoms with Gasteiger partial charge in [-0.15, -0.1) is 0 Å². The van der Waals surface area contributed by atoms with Crippen molar-refractivity contribution >= 4 is 33.4 Å². The fourth-order valence-corrected chi connectivity index (χ4v) is 3.39. The highest BCUT2D eigenvalue weighted by Crippen LogP contribution is 2.36. The summed E-state index contributed by atoms with van der Waals surface area (Å²) in [5, 5.41) is 11.0. The monoisotopic (exact) mass is 448 g/mol. The van der Waals surface area contributed by atoms with E-state index in [0.717, 1.165) is 11.0 Å². The maximum atomic E-state index is 12.7. The number of halogens is 1. The molecule has 0 atom stereocenters. The maximum Gasteiger partial charge on any atom is 0.270 e. The minimum absolute atomic E-state index is 0.00674. The summed E-state index contributed by atoms with van der Waals surface area (Å²) in [6, 6.07) is 7.10. The summed E-state index contributed by atoms with van der Waals surface area (Å²) in [6.07, 6.45) is 0. The van der Waals surface area contributed by atoms with Crippen molar-refractivity contribution in [3.63, 3.8) is 0 Å². The van der Waals surface area contributed by atoms with Gasteiger partial charge in [0, 0.05) is 16.6 Å². The van der Waals surface area contributed by atoms with Gasteiger partial charge in [0.2, 0.25) is 0 Å². The lowest BCUT2D eigenvalue weighted by Crippen LogP contribution is -2.29. The topological polar surface area (TPSA) is 99.0 Å². The van der Waals surface area contributed by atoms with E-state index in [-0.39, 0.29) is 23.4 Å². The first-order chi connectivity index (χ1) is 13.4. The second kappa shape index (κ2) is 7.97. The molecule has 0 saturated heterocycles. The van der Waals surface area contributed by atoms with Crippen LogP contribution in [0.25, 0.3) is 0 Å². The molecule has 0 aromatic heterocycles. The second-order valence-electron chi connectivity index (χ2n) is 5.94. The van der Waals surface area contributed by atoms with Gasteiger partial charge >= 0.3 is 0 Å². The highest BCUT2D eigenvalue weighted by atomic mass is 79.9. The third-order valence-electron chi connectivity index (χ3n) is 4.21. The summed E-state index contributed by atoms with van der Waals surface area (Å²) < 4.78 is 11.8. The Hall–Kier alpha value is -2.94. The number of ether oxygens (including phenoxy) is 2. The van der Waals surface area contributed by atoms with Crippen LogP contribution in [0, 0.1) is 10.1 Å². The number of carbonyl (C=O) groups is 2. The summed E-state index contributed by atoms with van der Waals surface area (Å²) in [7, 11) is 0.